The van der Waals surface area contributed by atoms with E-state index >= 15 is 0 Å². The van der Waals surface area contributed by atoms with Gasteiger partial charge in [-0.3, -0.25) is 9.52 Å². The molecule has 31 heavy (non-hydrogen) atoms. The van der Waals surface area contributed by atoms with Gasteiger partial charge in [0.05, 0.1) is 26.6 Å². The van der Waals surface area contributed by atoms with Crippen LogP contribution in [0.1, 0.15) is 12.5 Å². The number of fused-ring (bicyclic) bond motifs is 1. The fourth-order valence-corrected chi connectivity index (χ4v) is 5.72. The van der Waals surface area contributed by atoms with Crippen molar-refractivity contribution >= 4 is 60.5 Å². The molecule has 0 radical (unpaired) electrons. The molecule has 0 unspecified atom stereocenters. The van der Waals surface area contributed by atoms with Crippen LogP contribution in [-0.4, -0.2) is 19.3 Å². The van der Waals surface area contributed by atoms with Crippen LogP contribution < -0.4 is 10.0 Å². The summed E-state index contributed by atoms with van der Waals surface area (Å²) in [7, 11) is -3.96. The van der Waals surface area contributed by atoms with Gasteiger partial charge < -0.3 is 5.32 Å². The number of sulfonamides is 1. The maximum atomic E-state index is 13.0. The molecule has 0 fully saturated rings. The van der Waals surface area contributed by atoms with Crippen LogP contribution in [0.4, 0.5) is 11.4 Å². The zero-order valence-electron chi connectivity index (χ0n) is 16.6. The Morgan fingerprint density at radius 1 is 1.06 bits per heavy atom. The monoisotopic (exact) mass is 471 g/mol. The molecular weight excluding hydrogens is 454 g/mol. The van der Waals surface area contributed by atoms with Crippen LogP contribution in [0, 0.1) is 6.92 Å². The standard InChI is InChI=1S/C22H18ClN3O3S2/c1-13-7-10-19(24-14(2)27)21(11-13)31(28,29)26-15-8-9-16(17(23)12-15)22-25-18-5-3-4-6-20(18)30-22/h3-12,26H,1-2H3,(H,24,27). The van der Waals surface area contributed by atoms with E-state index in [-0.39, 0.29) is 16.5 Å². The molecule has 3 aromatic carbocycles. The normalized spacial score (nSPS) is 11.5. The van der Waals surface area contributed by atoms with Crippen LogP contribution in [0.5, 0.6) is 0 Å². The summed E-state index contributed by atoms with van der Waals surface area (Å²) in [5.41, 5.74) is 2.88. The van der Waals surface area contributed by atoms with Crippen molar-refractivity contribution in [3.63, 3.8) is 0 Å². The molecular formula is C22H18ClN3O3S2. The first-order valence-corrected chi connectivity index (χ1v) is 12.0. The molecule has 1 heterocycles. The van der Waals surface area contributed by atoms with E-state index in [1.165, 1.54) is 24.3 Å². The van der Waals surface area contributed by atoms with Crippen LogP contribution in [0.2, 0.25) is 5.02 Å². The minimum absolute atomic E-state index is 0.0194. The lowest BCUT2D eigenvalue weighted by Crippen LogP contribution is -2.17. The fraction of sp³-hybridized carbons (Fsp3) is 0.0909. The molecule has 2 N–H and O–H groups in total. The van der Waals surface area contributed by atoms with E-state index in [4.69, 9.17) is 11.6 Å². The highest BCUT2D eigenvalue weighted by Gasteiger charge is 2.21. The Balaban J connectivity index is 1.66. The zero-order chi connectivity index (χ0) is 22.2. The predicted molar refractivity (Wildman–Crippen MR) is 126 cm³/mol. The highest BCUT2D eigenvalue weighted by atomic mass is 35.5. The van der Waals surface area contributed by atoms with Gasteiger partial charge in [-0.15, -0.1) is 11.3 Å². The van der Waals surface area contributed by atoms with Crippen LogP contribution >= 0.6 is 22.9 Å². The highest BCUT2D eigenvalue weighted by molar-refractivity contribution is 7.92. The Labute approximate surface area is 189 Å². The fourth-order valence-electron chi connectivity index (χ4n) is 3.09. The molecule has 1 aromatic heterocycles. The summed E-state index contributed by atoms with van der Waals surface area (Å²) < 4.78 is 29.6. The molecule has 0 spiro atoms. The molecule has 4 rings (SSSR count). The van der Waals surface area contributed by atoms with E-state index in [1.807, 2.05) is 24.3 Å². The Morgan fingerprint density at radius 2 is 1.84 bits per heavy atom. The van der Waals surface area contributed by atoms with Gasteiger partial charge in [-0.2, -0.15) is 0 Å². The molecule has 158 valence electrons. The van der Waals surface area contributed by atoms with Crippen molar-refractivity contribution < 1.29 is 13.2 Å². The molecule has 0 saturated carbocycles. The zero-order valence-corrected chi connectivity index (χ0v) is 19.0. The average molecular weight is 472 g/mol. The molecule has 0 aliphatic heterocycles. The number of benzene rings is 3. The van der Waals surface area contributed by atoms with E-state index in [9.17, 15) is 13.2 Å². The number of thiazole rings is 1. The van der Waals surface area contributed by atoms with Gasteiger partial charge in [-0.25, -0.2) is 13.4 Å². The summed E-state index contributed by atoms with van der Waals surface area (Å²) in [6.45, 7) is 3.10. The smallest absolute Gasteiger partial charge is 0.263 e. The summed E-state index contributed by atoms with van der Waals surface area (Å²) in [4.78, 5) is 16.0. The average Bonchev–Trinajstić information content (AvgIpc) is 3.12. The quantitative estimate of drug-likeness (QED) is 0.391. The molecule has 0 bridgehead atoms. The second-order valence-electron chi connectivity index (χ2n) is 6.97. The minimum atomic E-state index is -3.96. The van der Waals surface area contributed by atoms with Crippen molar-refractivity contribution in [2.45, 2.75) is 18.7 Å². The number of nitrogens with one attached hydrogen (secondary N) is 2. The van der Waals surface area contributed by atoms with Gasteiger partial charge >= 0.3 is 0 Å². The van der Waals surface area contributed by atoms with E-state index in [2.05, 4.69) is 15.0 Å². The summed E-state index contributed by atoms with van der Waals surface area (Å²) in [5.74, 6) is -0.358. The van der Waals surface area contributed by atoms with Crippen LogP contribution in [-0.2, 0) is 14.8 Å². The number of carbonyl (C=O) groups is 1. The predicted octanol–water partition coefficient (Wildman–Crippen LogP) is 5.68. The molecule has 0 atom stereocenters. The van der Waals surface area contributed by atoms with Gasteiger partial charge in [0.1, 0.15) is 9.90 Å². The number of amides is 1. The second-order valence-corrected chi connectivity index (χ2v) is 10.1. The molecule has 1 amide bonds. The molecule has 4 aromatic rings. The maximum absolute atomic E-state index is 13.0. The molecule has 0 aliphatic rings. The SMILES string of the molecule is CC(=O)Nc1ccc(C)cc1S(=O)(=O)Nc1ccc(-c2nc3ccccc3s2)c(Cl)c1. The van der Waals surface area contributed by atoms with Gasteiger partial charge in [0.2, 0.25) is 5.91 Å². The second kappa shape index (κ2) is 8.30. The summed E-state index contributed by atoms with van der Waals surface area (Å²) in [6, 6.07) is 17.5. The van der Waals surface area contributed by atoms with Crippen LogP contribution in [0.3, 0.4) is 0 Å². The lowest BCUT2D eigenvalue weighted by Gasteiger charge is -2.14. The number of anilines is 2. The highest BCUT2D eigenvalue weighted by Crippen LogP contribution is 2.36. The third kappa shape index (κ3) is 4.56. The van der Waals surface area contributed by atoms with Crippen molar-refractivity contribution in [2.24, 2.45) is 0 Å². The Kier molecular flexibility index (Phi) is 5.70. The van der Waals surface area contributed by atoms with Crippen molar-refractivity contribution in [3.05, 3.63) is 71.2 Å². The third-order valence-corrected chi connectivity index (χ3v) is 7.29. The van der Waals surface area contributed by atoms with E-state index in [0.29, 0.717) is 10.7 Å². The van der Waals surface area contributed by atoms with Gasteiger partial charge in [0, 0.05) is 12.5 Å². The topological polar surface area (TPSA) is 88.2 Å². The van der Waals surface area contributed by atoms with Crippen molar-refractivity contribution in [3.8, 4) is 10.6 Å². The third-order valence-electron chi connectivity index (χ3n) is 4.48. The maximum Gasteiger partial charge on any atom is 0.263 e. The number of rotatable bonds is 5. The number of carbonyl (C=O) groups excluding carboxylic acids is 1. The van der Waals surface area contributed by atoms with Crippen LogP contribution in [0.15, 0.2) is 65.6 Å². The Morgan fingerprint density at radius 3 is 2.55 bits per heavy atom. The number of hydrogen-bond acceptors (Lipinski definition) is 5. The first kappa shape index (κ1) is 21.3. The van der Waals surface area contributed by atoms with Gasteiger partial charge in [0.25, 0.3) is 10.0 Å². The van der Waals surface area contributed by atoms with Gasteiger partial charge in [-0.05, 0) is 55.0 Å². The number of aryl methyl sites for hydroxylation is 1. The first-order valence-electron chi connectivity index (χ1n) is 9.29. The Bertz CT molecular complexity index is 1380. The number of hydrogen-bond donors (Lipinski definition) is 2. The first-order chi connectivity index (χ1) is 14.7. The lowest BCUT2D eigenvalue weighted by atomic mass is 10.2. The largest absolute Gasteiger partial charge is 0.325 e. The summed E-state index contributed by atoms with van der Waals surface area (Å²) >= 11 is 7.98. The molecule has 0 saturated heterocycles. The summed E-state index contributed by atoms with van der Waals surface area (Å²) in [6.07, 6.45) is 0. The molecule has 9 heteroatoms. The van der Waals surface area contributed by atoms with E-state index < -0.39 is 10.0 Å². The minimum Gasteiger partial charge on any atom is -0.325 e. The van der Waals surface area contributed by atoms with E-state index in [0.717, 1.165) is 26.4 Å². The number of halogens is 1. The molecule has 6 nitrogen and oxygen atoms in total. The van der Waals surface area contributed by atoms with E-state index in [1.54, 1.807) is 37.3 Å². The van der Waals surface area contributed by atoms with Crippen molar-refractivity contribution in [1.29, 1.82) is 0 Å². The number of para-hydroxylation sites is 1. The van der Waals surface area contributed by atoms with Crippen molar-refractivity contribution in [2.75, 3.05) is 10.0 Å². The van der Waals surface area contributed by atoms with Gasteiger partial charge in [0.15, 0.2) is 0 Å². The number of nitrogens with zero attached hydrogens (tertiary/aromatic N) is 1. The van der Waals surface area contributed by atoms with Crippen molar-refractivity contribution in [1.82, 2.24) is 4.98 Å². The molecule has 0 aliphatic carbocycles. The lowest BCUT2D eigenvalue weighted by molar-refractivity contribution is -0.114. The Hall–Kier alpha value is -2.94. The summed E-state index contributed by atoms with van der Waals surface area (Å²) in [5, 5.41) is 3.69. The van der Waals surface area contributed by atoms with Crippen LogP contribution in [0.25, 0.3) is 20.8 Å². The van der Waals surface area contributed by atoms with Gasteiger partial charge in [-0.1, -0.05) is 29.8 Å². The number of aromatic nitrogens is 1.